The van der Waals surface area contributed by atoms with Gasteiger partial charge in [0, 0.05) is 13.1 Å². The van der Waals surface area contributed by atoms with Gasteiger partial charge < -0.3 is 29.5 Å². The Bertz CT molecular complexity index is 1130. The number of methoxy groups -OCH3 is 2. The standard InChI is InChI=1S/C23H24Cl2N2O6/c1-26(2)8-9-27-18(12-6-5-7-13(28)10-12)16(20(30)23(27)31)19(29)14-11-15(24)22(33-4)17(25)21(14)32-3/h5-7,10-11,18,28-29H,8-9H2,1-4H3/b19-16+. The third-order valence-corrected chi connectivity index (χ3v) is 5.93. The second kappa shape index (κ2) is 9.91. The van der Waals surface area contributed by atoms with E-state index in [1.54, 1.807) is 12.1 Å². The van der Waals surface area contributed by atoms with Gasteiger partial charge in [-0.3, -0.25) is 9.59 Å². The molecule has 0 aromatic heterocycles. The number of phenols is 1. The highest BCUT2D eigenvalue weighted by Crippen LogP contribution is 2.47. The lowest BCUT2D eigenvalue weighted by molar-refractivity contribution is -0.140. The molecule has 2 aromatic rings. The Balaban J connectivity index is 2.28. The molecule has 1 saturated heterocycles. The fourth-order valence-corrected chi connectivity index (χ4v) is 4.44. The van der Waals surface area contributed by atoms with Crippen LogP contribution in [0.3, 0.4) is 0 Å². The van der Waals surface area contributed by atoms with Gasteiger partial charge in [-0.2, -0.15) is 0 Å². The first-order chi connectivity index (χ1) is 15.6. The van der Waals surface area contributed by atoms with Crippen LogP contribution >= 0.6 is 23.2 Å². The molecule has 1 aliphatic heterocycles. The predicted molar refractivity (Wildman–Crippen MR) is 125 cm³/mol. The highest BCUT2D eigenvalue weighted by atomic mass is 35.5. The molecule has 2 N–H and O–H groups in total. The molecule has 2 aromatic carbocycles. The smallest absolute Gasteiger partial charge is 0.295 e. The van der Waals surface area contributed by atoms with Crippen LogP contribution in [0.4, 0.5) is 0 Å². The third-order valence-electron chi connectivity index (χ3n) is 5.31. The second-order valence-electron chi connectivity index (χ2n) is 7.68. The molecule has 1 atom stereocenters. The number of rotatable bonds is 7. The molecule has 1 heterocycles. The summed E-state index contributed by atoms with van der Waals surface area (Å²) in [6.45, 7) is 0.696. The molecule has 8 nitrogen and oxygen atoms in total. The number of hydrogen-bond donors (Lipinski definition) is 2. The summed E-state index contributed by atoms with van der Waals surface area (Å²) >= 11 is 12.6. The number of carbonyl (C=O) groups is 2. The topological polar surface area (TPSA) is 99.5 Å². The van der Waals surface area contributed by atoms with E-state index in [4.69, 9.17) is 32.7 Å². The minimum absolute atomic E-state index is 0.00444. The number of hydrogen-bond acceptors (Lipinski definition) is 7. The van der Waals surface area contributed by atoms with Crippen molar-refractivity contribution < 1.29 is 29.3 Å². The van der Waals surface area contributed by atoms with Crippen molar-refractivity contribution in [1.29, 1.82) is 0 Å². The fraction of sp³-hybridized carbons (Fsp3) is 0.304. The van der Waals surface area contributed by atoms with Gasteiger partial charge in [-0.1, -0.05) is 35.3 Å². The fourth-order valence-electron chi connectivity index (χ4n) is 3.75. The summed E-state index contributed by atoms with van der Waals surface area (Å²) in [5, 5.41) is 21.4. The van der Waals surface area contributed by atoms with Crippen molar-refractivity contribution in [3.8, 4) is 17.2 Å². The summed E-state index contributed by atoms with van der Waals surface area (Å²) in [5.74, 6) is -2.01. The Labute approximate surface area is 201 Å². The number of aliphatic hydroxyl groups excluding tert-OH is 1. The average Bonchev–Trinajstić information content (AvgIpc) is 3.02. The molecule has 0 aliphatic carbocycles. The van der Waals surface area contributed by atoms with Gasteiger partial charge in [-0.25, -0.2) is 0 Å². The molecule has 0 spiro atoms. The van der Waals surface area contributed by atoms with Gasteiger partial charge >= 0.3 is 0 Å². The third kappa shape index (κ3) is 4.59. The first-order valence-electron chi connectivity index (χ1n) is 9.94. The van der Waals surface area contributed by atoms with Crippen molar-refractivity contribution in [3.63, 3.8) is 0 Å². The molecule has 1 fully saturated rings. The SMILES string of the molecule is COc1c(Cl)cc(/C(O)=C2\C(=O)C(=O)N(CCN(C)C)C2c2cccc(O)c2)c(OC)c1Cl. The number of likely N-dealkylation sites (N-methyl/N-ethyl adjacent to an activating group) is 1. The van der Waals surface area contributed by atoms with Gasteiger partial charge in [-0.15, -0.1) is 0 Å². The van der Waals surface area contributed by atoms with Gasteiger partial charge in [0.15, 0.2) is 11.5 Å². The Morgan fingerprint density at radius 3 is 2.36 bits per heavy atom. The highest BCUT2D eigenvalue weighted by molar-refractivity contribution is 6.47. The Morgan fingerprint density at radius 2 is 1.79 bits per heavy atom. The number of amides is 1. The van der Waals surface area contributed by atoms with E-state index in [0.29, 0.717) is 12.1 Å². The maximum atomic E-state index is 13.1. The number of halogens is 2. The Morgan fingerprint density at radius 1 is 1.12 bits per heavy atom. The molecule has 0 saturated carbocycles. The number of carbonyl (C=O) groups excluding carboxylic acids is 2. The first kappa shape index (κ1) is 24.7. The van der Waals surface area contributed by atoms with E-state index >= 15 is 0 Å². The summed E-state index contributed by atoms with van der Waals surface area (Å²) in [4.78, 5) is 29.3. The average molecular weight is 495 g/mol. The minimum Gasteiger partial charge on any atom is -0.508 e. The van der Waals surface area contributed by atoms with E-state index in [0.717, 1.165) is 0 Å². The second-order valence-corrected chi connectivity index (χ2v) is 8.46. The van der Waals surface area contributed by atoms with Gasteiger partial charge in [0.25, 0.3) is 11.7 Å². The molecule has 33 heavy (non-hydrogen) atoms. The summed E-state index contributed by atoms with van der Waals surface area (Å²) in [6, 6.07) is 6.59. The summed E-state index contributed by atoms with van der Waals surface area (Å²) < 4.78 is 10.5. The van der Waals surface area contributed by atoms with Crippen molar-refractivity contribution in [2.75, 3.05) is 41.4 Å². The van der Waals surface area contributed by atoms with Crippen LogP contribution in [0.2, 0.25) is 10.0 Å². The maximum Gasteiger partial charge on any atom is 0.295 e. The van der Waals surface area contributed by atoms with Gasteiger partial charge in [0.2, 0.25) is 0 Å². The lowest BCUT2D eigenvalue weighted by Crippen LogP contribution is -2.35. The number of ether oxygens (including phenoxy) is 2. The molecule has 1 aliphatic rings. The van der Waals surface area contributed by atoms with E-state index in [1.165, 1.54) is 37.3 Å². The van der Waals surface area contributed by atoms with Gasteiger partial charge in [-0.05, 0) is 37.9 Å². The number of phenolic OH excluding ortho intramolecular Hbond substituents is 1. The van der Waals surface area contributed by atoms with Crippen molar-refractivity contribution in [3.05, 3.63) is 57.1 Å². The molecule has 176 valence electrons. The van der Waals surface area contributed by atoms with Crippen molar-refractivity contribution in [2.24, 2.45) is 0 Å². The molecular weight excluding hydrogens is 471 g/mol. The van der Waals surface area contributed by atoms with Crippen LogP contribution < -0.4 is 9.47 Å². The maximum absolute atomic E-state index is 13.1. The van der Waals surface area contributed by atoms with Crippen LogP contribution in [0.1, 0.15) is 17.2 Å². The van der Waals surface area contributed by atoms with Crippen LogP contribution in [0.15, 0.2) is 35.9 Å². The number of benzene rings is 2. The van der Waals surface area contributed by atoms with E-state index in [2.05, 4.69) is 0 Å². The number of Topliss-reactive ketones (excluding diaryl/α,β-unsaturated/α-hetero) is 1. The van der Waals surface area contributed by atoms with E-state index in [1.807, 2.05) is 19.0 Å². The van der Waals surface area contributed by atoms with E-state index in [9.17, 15) is 19.8 Å². The van der Waals surface area contributed by atoms with Gasteiger partial charge in [0.05, 0.1) is 36.4 Å². The molecule has 10 heteroatoms. The molecule has 3 rings (SSSR count). The Kier molecular flexibility index (Phi) is 7.41. The minimum atomic E-state index is -0.943. The zero-order valence-corrected chi connectivity index (χ0v) is 20.1. The molecule has 0 radical (unpaired) electrons. The largest absolute Gasteiger partial charge is 0.508 e. The number of nitrogens with zero attached hydrogens (tertiary/aromatic N) is 2. The predicted octanol–water partition coefficient (Wildman–Crippen LogP) is 3.70. The van der Waals surface area contributed by atoms with Crippen molar-refractivity contribution in [1.82, 2.24) is 9.80 Å². The van der Waals surface area contributed by atoms with Crippen molar-refractivity contribution in [2.45, 2.75) is 6.04 Å². The van der Waals surface area contributed by atoms with E-state index < -0.39 is 23.5 Å². The van der Waals surface area contributed by atoms with Gasteiger partial charge in [0.1, 0.15) is 16.5 Å². The van der Waals surface area contributed by atoms with Crippen LogP contribution in [-0.2, 0) is 9.59 Å². The number of aromatic hydroxyl groups is 1. The quantitative estimate of drug-likeness (QED) is 0.343. The normalized spacial score (nSPS) is 17.7. The van der Waals surface area contributed by atoms with Crippen LogP contribution in [0.5, 0.6) is 17.2 Å². The number of ketones is 1. The zero-order chi connectivity index (χ0) is 24.4. The van der Waals surface area contributed by atoms with Crippen LogP contribution in [-0.4, -0.2) is 73.1 Å². The summed E-state index contributed by atoms with van der Waals surface area (Å²) in [7, 11) is 6.40. The summed E-state index contributed by atoms with van der Waals surface area (Å²) in [6.07, 6.45) is 0. The van der Waals surface area contributed by atoms with E-state index in [-0.39, 0.29) is 45.0 Å². The zero-order valence-electron chi connectivity index (χ0n) is 18.6. The van der Waals surface area contributed by atoms with Crippen molar-refractivity contribution >= 4 is 40.7 Å². The Hall–Kier alpha value is -2.94. The lowest BCUT2D eigenvalue weighted by atomic mass is 9.94. The molecule has 0 bridgehead atoms. The lowest BCUT2D eigenvalue weighted by Gasteiger charge is -2.26. The highest BCUT2D eigenvalue weighted by Gasteiger charge is 2.46. The van der Waals surface area contributed by atoms with Crippen LogP contribution in [0, 0.1) is 0 Å². The monoisotopic (exact) mass is 494 g/mol. The number of aliphatic hydroxyl groups is 1. The van der Waals surface area contributed by atoms with Crippen LogP contribution in [0.25, 0.3) is 5.76 Å². The molecule has 1 amide bonds. The summed E-state index contributed by atoms with van der Waals surface area (Å²) in [5.41, 5.74) is 0.322. The molecule has 1 unspecified atom stereocenters. The molecular formula is C23H24Cl2N2O6. The number of likely N-dealkylation sites (tertiary alicyclic amines) is 1. The first-order valence-corrected chi connectivity index (χ1v) is 10.7.